The van der Waals surface area contributed by atoms with E-state index in [1.165, 1.54) is 0 Å². The number of rotatable bonds is 5. The van der Waals surface area contributed by atoms with E-state index in [0.717, 1.165) is 17.9 Å². The van der Waals surface area contributed by atoms with Gasteiger partial charge in [-0.1, -0.05) is 0 Å². The van der Waals surface area contributed by atoms with E-state index in [2.05, 4.69) is 15.3 Å². The highest BCUT2D eigenvalue weighted by atomic mass is 16.5. The number of nitrogens with one attached hydrogen (secondary N) is 1. The van der Waals surface area contributed by atoms with Crippen LogP contribution in [0, 0.1) is 6.92 Å². The average molecular weight is 233 g/mol. The molecule has 5 nitrogen and oxygen atoms in total. The molecule has 0 spiro atoms. The largest absolute Gasteiger partial charge is 0.469 e. The van der Waals surface area contributed by atoms with Crippen molar-refractivity contribution < 1.29 is 9.15 Å². The standard InChI is InChI=1S/C12H15N3O2/c1-3-13-12-14-7-9(2)11(15-12)17-8-10-5-4-6-16-10/h4-7H,3,8H2,1-2H3,(H,13,14,15). The molecule has 2 aromatic heterocycles. The molecule has 0 radical (unpaired) electrons. The van der Waals surface area contributed by atoms with Gasteiger partial charge < -0.3 is 14.5 Å². The number of hydrogen-bond donors (Lipinski definition) is 1. The van der Waals surface area contributed by atoms with Crippen LogP contribution in [0.25, 0.3) is 0 Å². The molecular formula is C12H15N3O2. The van der Waals surface area contributed by atoms with Gasteiger partial charge >= 0.3 is 0 Å². The van der Waals surface area contributed by atoms with Crippen LogP contribution in [-0.2, 0) is 6.61 Å². The Hall–Kier alpha value is -2.04. The molecule has 2 rings (SSSR count). The highest BCUT2D eigenvalue weighted by Crippen LogP contribution is 2.16. The molecule has 0 fully saturated rings. The highest BCUT2D eigenvalue weighted by Gasteiger charge is 2.05. The zero-order valence-corrected chi connectivity index (χ0v) is 9.93. The number of ether oxygens (including phenoxy) is 1. The van der Waals surface area contributed by atoms with Gasteiger partial charge in [0.25, 0.3) is 0 Å². The molecule has 90 valence electrons. The second-order valence-electron chi connectivity index (χ2n) is 3.58. The van der Waals surface area contributed by atoms with Crippen molar-refractivity contribution in [2.45, 2.75) is 20.5 Å². The smallest absolute Gasteiger partial charge is 0.225 e. The van der Waals surface area contributed by atoms with Crippen molar-refractivity contribution in [3.05, 3.63) is 35.9 Å². The molecule has 0 aliphatic heterocycles. The maximum atomic E-state index is 5.58. The topological polar surface area (TPSA) is 60.2 Å². The van der Waals surface area contributed by atoms with Gasteiger partial charge in [-0.2, -0.15) is 4.98 Å². The van der Waals surface area contributed by atoms with Crippen molar-refractivity contribution in [2.75, 3.05) is 11.9 Å². The lowest BCUT2D eigenvalue weighted by Crippen LogP contribution is -2.05. The van der Waals surface area contributed by atoms with Crippen LogP contribution in [0.5, 0.6) is 5.88 Å². The summed E-state index contributed by atoms with van der Waals surface area (Å²) in [5.74, 6) is 1.92. The molecule has 0 aromatic carbocycles. The predicted molar refractivity (Wildman–Crippen MR) is 64.0 cm³/mol. The second-order valence-corrected chi connectivity index (χ2v) is 3.58. The number of aryl methyl sites for hydroxylation is 1. The van der Waals surface area contributed by atoms with E-state index in [9.17, 15) is 0 Å². The molecular weight excluding hydrogens is 218 g/mol. The zero-order valence-electron chi connectivity index (χ0n) is 9.93. The second kappa shape index (κ2) is 5.34. The van der Waals surface area contributed by atoms with Crippen LogP contribution >= 0.6 is 0 Å². The minimum atomic E-state index is 0.371. The van der Waals surface area contributed by atoms with Gasteiger partial charge in [-0.05, 0) is 26.0 Å². The Morgan fingerprint density at radius 2 is 2.35 bits per heavy atom. The normalized spacial score (nSPS) is 10.2. The van der Waals surface area contributed by atoms with Crippen LogP contribution in [0.1, 0.15) is 18.2 Å². The number of anilines is 1. The fourth-order valence-corrected chi connectivity index (χ4v) is 1.35. The fourth-order valence-electron chi connectivity index (χ4n) is 1.35. The summed E-state index contributed by atoms with van der Waals surface area (Å²) < 4.78 is 10.8. The first-order chi connectivity index (χ1) is 8.29. The third kappa shape index (κ3) is 2.96. The summed E-state index contributed by atoms with van der Waals surface area (Å²) in [7, 11) is 0. The van der Waals surface area contributed by atoms with E-state index in [1.54, 1.807) is 12.5 Å². The quantitative estimate of drug-likeness (QED) is 0.859. The Balaban J connectivity index is 2.06. The van der Waals surface area contributed by atoms with Crippen LogP contribution in [0.4, 0.5) is 5.95 Å². The molecule has 0 atom stereocenters. The minimum absolute atomic E-state index is 0.371. The highest BCUT2D eigenvalue weighted by molar-refractivity contribution is 5.32. The molecule has 2 heterocycles. The van der Waals surface area contributed by atoms with Crippen molar-refractivity contribution in [1.29, 1.82) is 0 Å². The summed E-state index contributed by atoms with van der Waals surface area (Å²) in [5, 5.41) is 3.04. The molecule has 1 N–H and O–H groups in total. The molecule has 0 amide bonds. The molecule has 17 heavy (non-hydrogen) atoms. The summed E-state index contributed by atoms with van der Waals surface area (Å²) >= 11 is 0. The van der Waals surface area contributed by atoms with E-state index in [4.69, 9.17) is 9.15 Å². The van der Waals surface area contributed by atoms with Gasteiger partial charge in [0.1, 0.15) is 12.4 Å². The van der Waals surface area contributed by atoms with Gasteiger partial charge in [-0.15, -0.1) is 0 Å². The summed E-state index contributed by atoms with van der Waals surface area (Å²) in [6.45, 7) is 5.05. The lowest BCUT2D eigenvalue weighted by Gasteiger charge is -2.08. The van der Waals surface area contributed by atoms with Crippen LogP contribution in [-0.4, -0.2) is 16.5 Å². The average Bonchev–Trinajstić information content (AvgIpc) is 2.83. The van der Waals surface area contributed by atoms with Crippen molar-refractivity contribution in [1.82, 2.24) is 9.97 Å². The first-order valence-corrected chi connectivity index (χ1v) is 5.52. The molecule has 0 bridgehead atoms. The van der Waals surface area contributed by atoms with Gasteiger partial charge in [0.15, 0.2) is 0 Å². The Kier molecular flexibility index (Phi) is 3.59. The molecule has 0 unspecified atom stereocenters. The van der Waals surface area contributed by atoms with E-state index in [1.807, 2.05) is 26.0 Å². The van der Waals surface area contributed by atoms with E-state index in [0.29, 0.717) is 18.4 Å². The molecule has 0 aliphatic rings. The predicted octanol–water partition coefficient (Wildman–Crippen LogP) is 2.39. The lowest BCUT2D eigenvalue weighted by atomic mass is 10.4. The SMILES string of the molecule is CCNc1ncc(C)c(OCc2ccco2)n1. The monoisotopic (exact) mass is 233 g/mol. The van der Waals surface area contributed by atoms with Gasteiger partial charge in [0, 0.05) is 18.3 Å². The van der Waals surface area contributed by atoms with Crippen molar-refractivity contribution in [3.8, 4) is 5.88 Å². The van der Waals surface area contributed by atoms with Crippen molar-refractivity contribution in [2.24, 2.45) is 0 Å². The number of aromatic nitrogens is 2. The molecule has 2 aromatic rings. The van der Waals surface area contributed by atoms with Crippen molar-refractivity contribution >= 4 is 5.95 Å². The zero-order chi connectivity index (χ0) is 12.1. The molecule has 0 saturated heterocycles. The van der Waals surface area contributed by atoms with Crippen LogP contribution in [0.2, 0.25) is 0 Å². The number of hydrogen-bond acceptors (Lipinski definition) is 5. The van der Waals surface area contributed by atoms with Gasteiger partial charge in [0.05, 0.1) is 6.26 Å². The third-order valence-electron chi connectivity index (χ3n) is 2.19. The van der Waals surface area contributed by atoms with E-state index in [-0.39, 0.29) is 0 Å². The first-order valence-electron chi connectivity index (χ1n) is 5.52. The Morgan fingerprint density at radius 3 is 3.06 bits per heavy atom. The number of furan rings is 1. The third-order valence-corrected chi connectivity index (χ3v) is 2.19. The van der Waals surface area contributed by atoms with E-state index < -0.39 is 0 Å². The van der Waals surface area contributed by atoms with E-state index >= 15 is 0 Å². The van der Waals surface area contributed by atoms with Gasteiger partial charge in [-0.25, -0.2) is 4.98 Å². The maximum absolute atomic E-state index is 5.58. The Labute approximate surface area is 99.8 Å². The summed E-state index contributed by atoms with van der Waals surface area (Å²) in [4.78, 5) is 8.42. The fraction of sp³-hybridized carbons (Fsp3) is 0.333. The van der Waals surface area contributed by atoms with Gasteiger partial charge in [0.2, 0.25) is 11.8 Å². The maximum Gasteiger partial charge on any atom is 0.225 e. The summed E-state index contributed by atoms with van der Waals surface area (Å²) in [6, 6.07) is 3.69. The number of nitrogens with zero attached hydrogens (tertiary/aromatic N) is 2. The Bertz CT molecular complexity index is 469. The van der Waals surface area contributed by atoms with Crippen LogP contribution < -0.4 is 10.1 Å². The van der Waals surface area contributed by atoms with Crippen molar-refractivity contribution in [3.63, 3.8) is 0 Å². The lowest BCUT2D eigenvalue weighted by molar-refractivity contribution is 0.258. The Morgan fingerprint density at radius 1 is 1.47 bits per heavy atom. The molecule has 0 saturated carbocycles. The minimum Gasteiger partial charge on any atom is -0.469 e. The molecule has 5 heteroatoms. The van der Waals surface area contributed by atoms with Gasteiger partial charge in [-0.3, -0.25) is 0 Å². The summed E-state index contributed by atoms with van der Waals surface area (Å²) in [6.07, 6.45) is 3.36. The van der Waals surface area contributed by atoms with Crippen LogP contribution in [0.3, 0.4) is 0 Å². The van der Waals surface area contributed by atoms with Crippen LogP contribution in [0.15, 0.2) is 29.0 Å². The molecule has 0 aliphatic carbocycles. The summed E-state index contributed by atoms with van der Waals surface area (Å²) in [5.41, 5.74) is 0.901. The first kappa shape index (κ1) is 11.4.